The van der Waals surface area contributed by atoms with E-state index in [-0.39, 0.29) is 19.1 Å². The van der Waals surface area contributed by atoms with Crippen molar-refractivity contribution in [2.75, 3.05) is 19.8 Å². The SMILES string of the molecule is CC1CC=CCC1COC(=O)C1CCCN1C(=O)OCC(F)(F)F. The second kappa shape index (κ2) is 7.90. The van der Waals surface area contributed by atoms with E-state index < -0.39 is 30.9 Å². The number of carbonyl (C=O) groups is 2. The zero-order valence-corrected chi connectivity index (χ0v) is 13.6. The molecule has 0 aromatic heterocycles. The number of likely N-dealkylation sites (tertiary alicyclic amines) is 1. The lowest BCUT2D eigenvalue weighted by atomic mass is 9.85. The van der Waals surface area contributed by atoms with Gasteiger partial charge in [-0.15, -0.1) is 0 Å². The summed E-state index contributed by atoms with van der Waals surface area (Å²) in [6.45, 7) is 0.875. The third-order valence-electron chi connectivity index (χ3n) is 4.48. The fourth-order valence-corrected chi connectivity index (χ4v) is 2.98. The highest BCUT2D eigenvalue weighted by Crippen LogP contribution is 2.26. The van der Waals surface area contributed by atoms with Crippen LogP contribution in [0, 0.1) is 11.8 Å². The van der Waals surface area contributed by atoms with Gasteiger partial charge in [0.1, 0.15) is 6.04 Å². The van der Waals surface area contributed by atoms with Crippen LogP contribution < -0.4 is 0 Å². The van der Waals surface area contributed by atoms with E-state index in [9.17, 15) is 22.8 Å². The molecule has 2 aliphatic rings. The van der Waals surface area contributed by atoms with E-state index in [0.29, 0.717) is 18.8 Å². The summed E-state index contributed by atoms with van der Waals surface area (Å²) in [5, 5.41) is 0. The minimum Gasteiger partial charge on any atom is -0.464 e. The number of halogens is 3. The summed E-state index contributed by atoms with van der Waals surface area (Å²) in [5.74, 6) is 0.0587. The second-order valence-corrected chi connectivity index (χ2v) is 6.33. The van der Waals surface area contributed by atoms with Gasteiger partial charge in [0.2, 0.25) is 0 Å². The molecule has 0 N–H and O–H groups in total. The second-order valence-electron chi connectivity index (χ2n) is 6.33. The molecule has 8 heteroatoms. The summed E-state index contributed by atoms with van der Waals surface area (Å²) in [6.07, 6.45) is 1.10. The Balaban J connectivity index is 1.84. The highest BCUT2D eigenvalue weighted by atomic mass is 19.4. The average Bonchev–Trinajstić information content (AvgIpc) is 3.00. The van der Waals surface area contributed by atoms with E-state index in [1.165, 1.54) is 0 Å². The van der Waals surface area contributed by atoms with E-state index in [1.807, 2.05) is 0 Å². The molecule has 3 unspecified atom stereocenters. The quantitative estimate of drug-likeness (QED) is 0.577. The van der Waals surface area contributed by atoms with E-state index in [0.717, 1.165) is 17.7 Å². The summed E-state index contributed by atoms with van der Waals surface area (Å²) in [4.78, 5) is 25.0. The van der Waals surface area contributed by atoms with Crippen LogP contribution in [0.5, 0.6) is 0 Å². The molecule has 1 aliphatic carbocycles. The molecule has 5 nitrogen and oxygen atoms in total. The fourth-order valence-electron chi connectivity index (χ4n) is 2.98. The molecular formula is C16H22F3NO4. The van der Waals surface area contributed by atoms with Gasteiger partial charge in [0.25, 0.3) is 0 Å². The maximum atomic E-state index is 12.2. The third-order valence-corrected chi connectivity index (χ3v) is 4.48. The number of hydrogen-bond acceptors (Lipinski definition) is 4. The zero-order valence-electron chi connectivity index (χ0n) is 13.6. The molecule has 0 radical (unpaired) electrons. The van der Waals surface area contributed by atoms with Crippen LogP contribution in [0.1, 0.15) is 32.6 Å². The molecule has 1 saturated heterocycles. The summed E-state index contributed by atoms with van der Waals surface area (Å²) >= 11 is 0. The van der Waals surface area contributed by atoms with Gasteiger partial charge >= 0.3 is 18.2 Å². The Morgan fingerprint density at radius 1 is 1.21 bits per heavy atom. The van der Waals surface area contributed by atoms with E-state index in [1.54, 1.807) is 0 Å². The van der Waals surface area contributed by atoms with Crippen LogP contribution >= 0.6 is 0 Å². The summed E-state index contributed by atoms with van der Waals surface area (Å²) in [7, 11) is 0. The standard InChI is InChI=1S/C16H22F3NO4/c1-11-5-2-3-6-12(11)9-23-14(21)13-7-4-8-20(13)15(22)24-10-16(17,18)19/h2-3,11-13H,4-10H2,1H3. The van der Waals surface area contributed by atoms with Crippen LogP contribution in [0.15, 0.2) is 12.2 Å². The van der Waals surface area contributed by atoms with Crippen LogP contribution in [-0.4, -0.2) is 48.9 Å². The number of allylic oxidation sites excluding steroid dienone is 2. The van der Waals surface area contributed by atoms with Gasteiger partial charge in [0, 0.05) is 6.54 Å². The third kappa shape index (κ3) is 5.14. The molecule has 0 saturated carbocycles. The van der Waals surface area contributed by atoms with Gasteiger partial charge < -0.3 is 9.47 Å². The molecule has 0 spiro atoms. The minimum absolute atomic E-state index is 0.193. The van der Waals surface area contributed by atoms with Crippen LogP contribution in [0.4, 0.5) is 18.0 Å². The Morgan fingerprint density at radius 3 is 2.58 bits per heavy atom. The molecule has 1 fully saturated rings. The molecule has 1 heterocycles. The first kappa shape index (κ1) is 18.6. The van der Waals surface area contributed by atoms with Gasteiger partial charge in [0.05, 0.1) is 6.61 Å². The molecule has 1 aliphatic heterocycles. The van der Waals surface area contributed by atoms with E-state index >= 15 is 0 Å². The maximum Gasteiger partial charge on any atom is 0.422 e. The Morgan fingerprint density at radius 2 is 1.92 bits per heavy atom. The van der Waals surface area contributed by atoms with Gasteiger partial charge in [0.15, 0.2) is 6.61 Å². The molecule has 136 valence electrons. The number of carbonyl (C=O) groups excluding carboxylic acids is 2. The maximum absolute atomic E-state index is 12.2. The summed E-state index contributed by atoms with van der Waals surface area (Å²) in [5.41, 5.74) is 0. The highest BCUT2D eigenvalue weighted by Gasteiger charge is 2.38. The Labute approximate surface area is 138 Å². The Bertz CT molecular complexity index is 492. The van der Waals surface area contributed by atoms with Crippen LogP contribution in [0.25, 0.3) is 0 Å². The van der Waals surface area contributed by atoms with Crippen LogP contribution in [0.2, 0.25) is 0 Å². The lowest BCUT2D eigenvalue weighted by Gasteiger charge is -2.27. The molecule has 0 aromatic rings. The monoisotopic (exact) mass is 349 g/mol. The number of rotatable bonds is 4. The van der Waals surface area contributed by atoms with Gasteiger partial charge in [-0.05, 0) is 37.5 Å². The molecule has 2 rings (SSSR count). The molecule has 0 aromatic carbocycles. The summed E-state index contributed by atoms with van der Waals surface area (Å²) < 4.78 is 45.9. The van der Waals surface area contributed by atoms with Crippen LogP contribution in [0.3, 0.4) is 0 Å². The first-order valence-corrected chi connectivity index (χ1v) is 8.09. The molecular weight excluding hydrogens is 327 g/mol. The Kier molecular flexibility index (Phi) is 6.12. The molecule has 24 heavy (non-hydrogen) atoms. The number of ether oxygens (including phenoxy) is 2. The molecule has 3 atom stereocenters. The number of alkyl halides is 3. The van der Waals surface area contributed by atoms with E-state index in [4.69, 9.17) is 4.74 Å². The van der Waals surface area contributed by atoms with Gasteiger partial charge in [-0.3, -0.25) is 4.90 Å². The van der Waals surface area contributed by atoms with Crippen molar-refractivity contribution in [2.24, 2.45) is 11.8 Å². The predicted octanol–water partition coefficient (Wildman–Crippen LogP) is 3.30. The number of esters is 1. The molecule has 1 amide bonds. The number of nitrogens with zero attached hydrogens (tertiary/aromatic N) is 1. The topological polar surface area (TPSA) is 55.8 Å². The van der Waals surface area contributed by atoms with E-state index in [2.05, 4.69) is 23.8 Å². The fraction of sp³-hybridized carbons (Fsp3) is 0.750. The van der Waals surface area contributed by atoms with Crippen molar-refractivity contribution >= 4 is 12.1 Å². The van der Waals surface area contributed by atoms with Crippen molar-refractivity contribution in [3.8, 4) is 0 Å². The largest absolute Gasteiger partial charge is 0.464 e. The van der Waals surface area contributed by atoms with Gasteiger partial charge in [-0.1, -0.05) is 19.1 Å². The Hall–Kier alpha value is -1.73. The summed E-state index contributed by atoms with van der Waals surface area (Å²) in [6, 6.07) is -0.861. The van der Waals surface area contributed by atoms with Crippen molar-refractivity contribution in [1.82, 2.24) is 4.90 Å². The van der Waals surface area contributed by atoms with Crippen molar-refractivity contribution < 1.29 is 32.2 Å². The van der Waals surface area contributed by atoms with Crippen LogP contribution in [-0.2, 0) is 14.3 Å². The minimum atomic E-state index is -4.59. The van der Waals surface area contributed by atoms with Crippen molar-refractivity contribution in [3.63, 3.8) is 0 Å². The van der Waals surface area contributed by atoms with Gasteiger partial charge in [-0.2, -0.15) is 13.2 Å². The van der Waals surface area contributed by atoms with Crippen molar-refractivity contribution in [2.45, 2.75) is 44.8 Å². The lowest BCUT2D eigenvalue weighted by molar-refractivity contribution is -0.163. The average molecular weight is 349 g/mol. The normalized spacial score (nSPS) is 27.2. The van der Waals surface area contributed by atoms with Gasteiger partial charge in [-0.25, -0.2) is 9.59 Å². The lowest BCUT2D eigenvalue weighted by Crippen LogP contribution is -2.43. The van der Waals surface area contributed by atoms with Crippen molar-refractivity contribution in [1.29, 1.82) is 0 Å². The number of hydrogen-bond donors (Lipinski definition) is 0. The molecule has 0 bridgehead atoms. The smallest absolute Gasteiger partial charge is 0.422 e. The van der Waals surface area contributed by atoms with Crippen molar-refractivity contribution in [3.05, 3.63) is 12.2 Å². The highest BCUT2D eigenvalue weighted by molar-refractivity contribution is 5.82. The first-order chi connectivity index (χ1) is 11.3. The number of amides is 1. The first-order valence-electron chi connectivity index (χ1n) is 8.09. The predicted molar refractivity (Wildman–Crippen MR) is 79.1 cm³/mol. The zero-order chi connectivity index (χ0) is 17.7.